The first kappa shape index (κ1) is 17.9. The van der Waals surface area contributed by atoms with E-state index in [0.717, 1.165) is 16.7 Å². The van der Waals surface area contributed by atoms with Crippen molar-refractivity contribution in [3.05, 3.63) is 54.1 Å². The first-order chi connectivity index (χ1) is 13.4. The molecule has 0 unspecified atom stereocenters. The van der Waals surface area contributed by atoms with Gasteiger partial charge >= 0.3 is 0 Å². The smallest absolute Gasteiger partial charge is 0.195 e. The quantitative estimate of drug-likeness (QED) is 0.725. The van der Waals surface area contributed by atoms with Gasteiger partial charge in [-0.25, -0.2) is 4.98 Å². The van der Waals surface area contributed by atoms with Crippen molar-refractivity contribution in [2.75, 3.05) is 19.1 Å². The third kappa shape index (κ3) is 2.51. The second-order valence-corrected chi connectivity index (χ2v) is 7.13. The molecule has 1 aliphatic heterocycles. The number of H-pyrrole nitrogens is 1. The molecule has 0 atom stereocenters. The summed E-state index contributed by atoms with van der Waals surface area (Å²) in [6.45, 7) is 3.68. The number of imidazole rings is 1. The van der Waals surface area contributed by atoms with Crippen molar-refractivity contribution in [3.8, 4) is 11.5 Å². The lowest BCUT2D eigenvalue weighted by atomic mass is 9.95. The normalized spacial score (nSPS) is 16.1. The summed E-state index contributed by atoms with van der Waals surface area (Å²) in [5, 5.41) is 0. The Morgan fingerprint density at radius 3 is 2.46 bits per heavy atom. The maximum Gasteiger partial charge on any atom is 0.195 e. The average Bonchev–Trinajstić information content (AvgIpc) is 3.17. The topological polar surface area (TPSA) is 93.5 Å². The van der Waals surface area contributed by atoms with Gasteiger partial charge in [0.1, 0.15) is 22.8 Å². The number of rotatable bonds is 4. The number of carbonyl (C=O) groups is 1. The molecule has 1 aliphatic rings. The minimum Gasteiger partial charge on any atom is -0.493 e. The largest absolute Gasteiger partial charge is 0.493 e. The van der Waals surface area contributed by atoms with Crippen LogP contribution in [0, 0.1) is 0 Å². The number of ketones is 1. The van der Waals surface area contributed by atoms with Crippen LogP contribution >= 0.6 is 0 Å². The predicted octanol–water partition coefficient (Wildman–Crippen LogP) is 3.08. The van der Waals surface area contributed by atoms with Gasteiger partial charge in [0, 0.05) is 11.8 Å². The highest BCUT2D eigenvalue weighted by Gasteiger charge is 2.47. The minimum atomic E-state index is -0.877. The molecule has 7 heteroatoms. The number of fused-ring (bicyclic) bond motifs is 1. The summed E-state index contributed by atoms with van der Waals surface area (Å²) in [5.41, 5.74) is 8.37. The number of hydrogen-bond donors (Lipinski definition) is 2. The van der Waals surface area contributed by atoms with E-state index in [4.69, 9.17) is 15.2 Å². The molecular weight excluding hydrogens is 356 g/mol. The van der Waals surface area contributed by atoms with E-state index in [1.165, 1.54) is 0 Å². The molecule has 2 heterocycles. The van der Waals surface area contributed by atoms with Crippen LogP contribution in [0.4, 0.5) is 5.69 Å². The summed E-state index contributed by atoms with van der Waals surface area (Å²) in [6, 6.07) is 13.1. The molecule has 1 aromatic heterocycles. The van der Waals surface area contributed by atoms with Crippen LogP contribution in [0.5, 0.6) is 11.5 Å². The molecule has 0 radical (unpaired) electrons. The van der Waals surface area contributed by atoms with Crippen LogP contribution in [-0.4, -0.2) is 35.5 Å². The SMILES string of the molecule is COc1ccc(N2C(N)=C(c3nc4ccccc4[nH]3)C(=O)C2(C)C)cc1OC. The van der Waals surface area contributed by atoms with E-state index in [9.17, 15) is 4.79 Å². The Kier molecular flexibility index (Phi) is 4.03. The Morgan fingerprint density at radius 1 is 1.07 bits per heavy atom. The summed E-state index contributed by atoms with van der Waals surface area (Å²) in [6.07, 6.45) is 0. The van der Waals surface area contributed by atoms with Gasteiger partial charge in [-0.3, -0.25) is 4.79 Å². The highest BCUT2D eigenvalue weighted by Crippen LogP contribution is 2.42. The number of ether oxygens (including phenoxy) is 2. The van der Waals surface area contributed by atoms with Crippen molar-refractivity contribution in [2.45, 2.75) is 19.4 Å². The Bertz CT molecular complexity index is 1080. The maximum atomic E-state index is 13.3. The Labute approximate surface area is 162 Å². The van der Waals surface area contributed by atoms with Gasteiger partial charge in [0.05, 0.1) is 25.3 Å². The second-order valence-electron chi connectivity index (χ2n) is 7.13. The highest BCUT2D eigenvalue weighted by atomic mass is 16.5. The zero-order valence-electron chi connectivity index (χ0n) is 16.2. The molecule has 0 fully saturated rings. The van der Waals surface area contributed by atoms with Crippen molar-refractivity contribution in [1.29, 1.82) is 0 Å². The first-order valence-corrected chi connectivity index (χ1v) is 8.90. The van der Waals surface area contributed by atoms with Crippen LogP contribution in [-0.2, 0) is 4.79 Å². The molecule has 3 aromatic rings. The van der Waals surface area contributed by atoms with Gasteiger partial charge in [0.15, 0.2) is 17.3 Å². The lowest BCUT2D eigenvalue weighted by Gasteiger charge is -2.33. The molecule has 0 bridgehead atoms. The molecule has 3 N–H and O–H groups in total. The molecule has 0 saturated heterocycles. The summed E-state index contributed by atoms with van der Waals surface area (Å²) in [5.74, 6) is 1.89. The number of hydrogen-bond acceptors (Lipinski definition) is 6. The van der Waals surface area contributed by atoms with Gasteiger partial charge in [-0.15, -0.1) is 0 Å². The van der Waals surface area contributed by atoms with Gasteiger partial charge in [0.25, 0.3) is 0 Å². The fraction of sp³-hybridized carbons (Fsp3) is 0.238. The lowest BCUT2D eigenvalue weighted by Crippen LogP contribution is -2.45. The number of benzene rings is 2. The number of carbonyl (C=O) groups excluding carboxylic acids is 1. The van der Waals surface area contributed by atoms with Crippen molar-refractivity contribution >= 4 is 28.1 Å². The monoisotopic (exact) mass is 378 g/mol. The lowest BCUT2D eigenvalue weighted by molar-refractivity contribution is -0.116. The number of aromatic amines is 1. The van der Waals surface area contributed by atoms with Crippen LogP contribution in [0.2, 0.25) is 0 Å². The number of nitrogens with one attached hydrogen (secondary N) is 1. The van der Waals surface area contributed by atoms with Crippen LogP contribution in [0.15, 0.2) is 48.3 Å². The third-order valence-corrected chi connectivity index (χ3v) is 5.09. The molecule has 0 saturated carbocycles. The van der Waals surface area contributed by atoms with Gasteiger partial charge in [-0.1, -0.05) is 12.1 Å². The average molecular weight is 378 g/mol. The third-order valence-electron chi connectivity index (χ3n) is 5.09. The minimum absolute atomic E-state index is 0.0983. The molecule has 0 spiro atoms. The number of anilines is 1. The van der Waals surface area contributed by atoms with E-state index >= 15 is 0 Å². The maximum absolute atomic E-state index is 13.3. The molecule has 0 aliphatic carbocycles. The fourth-order valence-corrected chi connectivity index (χ4v) is 3.66. The fourth-order valence-electron chi connectivity index (χ4n) is 3.66. The number of nitrogens with zero attached hydrogens (tertiary/aromatic N) is 2. The molecule has 0 amide bonds. The Balaban J connectivity index is 1.87. The first-order valence-electron chi connectivity index (χ1n) is 8.90. The van der Waals surface area contributed by atoms with Crippen molar-refractivity contribution < 1.29 is 14.3 Å². The number of para-hydroxylation sites is 2. The number of nitrogens with two attached hydrogens (primary N) is 1. The predicted molar refractivity (Wildman–Crippen MR) is 108 cm³/mol. The standard InChI is InChI=1S/C21H22N4O3/c1-21(2)18(26)17(20-23-13-7-5-6-8-14(13)24-20)19(22)25(21)12-9-10-15(27-3)16(11-12)28-4/h5-11H,22H2,1-4H3,(H,23,24). The molecule has 144 valence electrons. The van der Waals surface area contributed by atoms with Crippen LogP contribution in [0.1, 0.15) is 19.7 Å². The van der Waals surface area contributed by atoms with Gasteiger partial charge < -0.3 is 25.1 Å². The van der Waals surface area contributed by atoms with Crippen molar-refractivity contribution in [1.82, 2.24) is 9.97 Å². The number of Topliss-reactive ketones (excluding diaryl/α,β-unsaturated/α-hetero) is 1. The van der Waals surface area contributed by atoms with Crippen LogP contribution < -0.4 is 20.1 Å². The summed E-state index contributed by atoms with van der Waals surface area (Å²) in [4.78, 5) is 22.9. The molecule has 7 nitrogen and oxygen atoms in total. The molecule has 2 aromatic carbocycles. The Morgan fingerprint density at radius 2 is 1.79 bits per heavy atom. The van der Waals surface area contributed by atoms with E-state index in [2.05, 4.69) is 9.97 Å². The number of methoxy groups -OCH3 is 2. The summed E-state index contributed by atoms with van der Waals surface area (Å²) >= 11 is 0. The van der Waals surface area contributed by atoms with E-state index in [1.807, 2.05) is 50.2 Å². The van der Waals surface area contributed by atoms with Gasteiger partial charge in [0.2, 0.25) is 0 Å². The molecule has 4 rings (SSSR count). The van der Waals surface area contributed by atoms with E-state index < -0.39 is 5.54 Å². The van der Waals surface area contributed by atoms with E-state index in [0.29, 0.717) is 28.7 Å². The van der Waals surface area contributed by atoms with Crippen molar-refractivity contribution in [2.24, 2.45) is 5.73 Å². The number of aromatic nitrogens is 2. The van der Waals surface area contributed by atoms with Crippen LogP contribution in [0.3, 0.4) is 0 Å². The van der Waals surface area contributed by atoms with Gasteiger partial charge in [-0.05, 0) is 38.1 Å². The van der Waals surface area contributed by atoms with E-state index in [-0.39, 0.29) is 5.78 Å². The van der Waals surface area contributed by atoms with Crippen LogP contribution in [0.25, 0.3) is 16.6 Å². The van der Waals surface area contributed by atoms with Gasteiger partial charge in [-0.2, -0.15) is 0 Å². The molecular formula is C21H22N4O3. The zero-order valence-corrected chi connectivity index (χ0v) is 16.2. The summed E-state index contributed by atoms with van der Waals surface area (Å²) in [7, 11) is 3.15. The summed E-state index contributed by atoms with van der Waals surface area (Å²) < 4.78 is 10.7. The highest BCUT2D eigenvalue weighted by molar-refractivity contribution is 6.29. The van der Waals surface area contributed by atoms with Crippen molar-refractivity contribution in [3.63, 3.8) is 0 Å². The Hall–Kier alpha value is -3.48. The zero-order chi connectivity index (χ0) is 20.1. The van der Waals surface area contributed by atoms with E-state index in [1.54, 1.807) is 25.2 Å². The second kappa shape index (κ2) is 6.30. The molecule has 28 heavy (non-hydrogen) atoms.